The van der Waals surface area contributed by atoms with Crippen molar-refractivity contribution < 1.29 is 18.4 Å². The molecule has 1 N–H and O–H groups in total. The zero-order valence-corrected chi connectivity index (χ0v) is 20.0. The second kappa shape index (κ2) is 10.8. The van der Waals surface area contributed by atoms with E-state index in [2.05, 4.69) is 15.3 Å². The lowest BCUT2D eigenvalue weighted by atomic mass is 9.95. The van der Waals surface area contributed by atoms with Crippen LogP contribution in [0.25, 0.3) is 11.6 Å². The Hall–Kier alpha value is -3.20. The first kappa shape index (κ1) is 23.9. The number of hydrogen-bond acceptors (Lipinski definition) is 6. The van der Waals surface area contributed by atoms with E-state index in [4.69, 9.17) is 4.42 Å². The number of carbonyl (C=O) groups is 2. The molecule has 2 aromatic heterocycles. The third-order valence-corrected chi connectivity index (χ3v) is 6.69. The first-order valence-electron chi connectivity index (χ1n) is 11.2. The van der Waals surface area contributed by atoms with Crippen molar-refractivity contribution in [3.63, 3.8) is 0 Å². The Kier molecular flexibility index (Phi) is 7.62. The highest BCUT2D eigenvalue weighted by molar-refractivity contribution is 7.98. The Morgan fingerprint density at radius 2 is 1.94 bits per heavy atom. The highest BCUT2D eigenvalue weighted by Crippen LogP contribution is 2.28. The number of nitrogens with one attached hydrogen (secondary N) is 1. The van der Waals surface area contributed by atoms with Crippen molar-refractivity contribution in [2.75, 3.05) is 25.9 Å². The van der Waals surface area contributed by atoms with E-state index in [1.165, 1.54) is 17.8 Å². The number of amides is 2. The van der Waals surface area contributed by atoms with Gasteiger partial charge in [-0.2, -0.15) is 0 Å². The van der Waals surface area contributed by atoms with Crippen LogP contribution in [0.4, 0.5) is 4.39 Å². The summed E-state index contributed by atoms with van der Waals surface area (Å²) in [7, 11) is 0. The van der Waals surface area contributed by atoms with Crippen LogP contribution in [0.3, 0.4) is 0 Å². The fourth-order valence-corrected chi connectivity index (χ4v) is 4.74. The van der Waals surface area contributed by atoms with E-state index in [1.54, 1.807) is 48.4 Å². The van der Waals surface area contributed by atoms with Crippen molar-refractivity contribution in [2.45, 2.75) is 31.2 Å². The highest BCUT2D eigenvalue weighted by Gasteiger charge is 2.30. The third kappa shape index (κ3) is 5.30. The van der Waals surface area contributed by atoms with Gasteiger partial charge in [0.2, 0.25) is 5.91 Å². The van der Waals surface area contributed by atoms with E-state index in [0.29, 0.717) is 72.3 Å². The van der Waals surface area contributed by atoms with Crippen LogP contribution in [0.5, 0.6) is 0 Å². The maximum absolute atomic E-state index is 13.7. The van der Waals surface area contributed by atoms with Gasteiger partial charge in [-0.05, 0) is 56.2 Å². The molecule has 0 bridgehead atoms. The summed E-state index contributed by atoms with van der Waals surface area (Å²) in [5, 5.41) is 3.52. The molecule has 3 heterocycles. The number of aryl methyl sites for hydroxylation is 1. The molecule has 34 heavy (non-hydrogen) atoms. The Morgan fingerprint density at radius 3 is 2.62 bits per heavy atom. The number of nitrogens with zero attached hydrogens (tertiary/aromatic N) is 3. The molecular formula is C25H27FN4O3S. The average molecular weight is 483 g/mol. The topological polar surface area (TPSA) is 88.3 Å². The van der Waals surface area contributed by atoms with Crippen molar-refractivity contribution in [1.29, 1.82) is 0 Å². The lowest BCUT2D eigenvalue weighted by Crippen LogP contribution is -2.43. The van der Waals surface area contributed by atoms with Gasteiger partial charge in [0.25, 0.3) is 5.91 Å². The number of furan rings is 1. The van der Waals surface area contributed by atoms with Crippen LogP contribution < -0.4 is 5.32 Å². The number of likely N-dealkylation sites (tertiary alicyclic amines) is 1. The van der Waals surface area contributed by atoms with Gasteiger partial charge in [-0.1, -0.05) is 18.2 Å². The second-order valence-electron chi connectivity index (χ2n) is 8.19. The van der Waals surface area contributed by atoms with Gasteiger partial charge in [0, 0.05) is 25.6 Å². The van der Waals surface area contributed by atoms with E-state index in [0.717, 1.165) is 0 Å². The molecule has 0 saturated carbocycles. The standard InChI is InChI=1S/C25H27FN4O3S/c1-16-21(24(34-2)29-22(28-16)20-8-5-15-33-20)25(32)30-13-10-18(11-14-30)23(31)27-12-9-17-6-3-4-7-19(17)26/h3-8,15,18H,9-14H2,1-2H3,(H,27,31). The second-order valence-corrected chi connectivity index (χ2v) is 8.99. The van der Waals surface area contributed by atoms with Crippen molar-refractivity contribution in [1.82, 2.24) is 20.2 Å². The first-order valence-corrected chi connectivity index (χ1v) is 12.5. The van der Waals surface area contributed by atoms with Gasteiger partial charge in [0.1, 0.15) is 10.8 Å². The largest absolute Gasteiger partial charge is 0.461 e. The maximum atomic E-state index is 13.7. The van der Waals surface area contributed by atoms with Crippen LogP contribution in [-0.4, -0.2) is 52.6 Å². The van der Waals surface area contributed by atoms with Gasteiger partial charge in [0.15, 0.2) is 11.6 Å². The summed E-state index contributed by atoms with van der Waals surface area (Å²) in [6.07, 6.45) is 5.04. The molecule has 178 valence electrons. The minimum atomic E-state index is -0.260. The zero-order chi connectivity index (χ0) is 24.1. The summed E-state index contributed by atoms with van der Waals surface area (Å²) in [4.78, 5) is 36.7. The number of hydrogen-bond donors (Lipinski definition) is 1. The lowest BCUT2D eigenvalue weighted by Gasteiger charge is -2.32. The first-order chi connectivity index (χ1) is 16.5. The zero-order valence-electron chi connectivity index (χ0n) is 19.2. The summed E-state index contributed by atoms with van der Waals surface area (Å²) in [5.41, 5.74) is 1.68. The van der Waals surface area contributed by atoms with Crippen molar-refractivity contribution in [3.05, 3.63) is 65.3 Å². The van der Waals surface area contributed by atoms with Gasteiger partial charge in [-0.15, -0.1) is 11.8 Å². The number of aromatic nitrogens is 2. The fourth-order valence-electron chi connectivity index (χ4n) is 4.13. The Labute approximate surface area is 202 Å². The maximum Gasteiger partial charge on any atom is 0.258 e. The van der Waals surface area contributed by atoms with E-state index < -0.39 is 0 Å². The number of halogens is 1. The summed E-state index contributed by atoms with van der Waals surface area (Å²) in [6, 6.07) is 10.1. The van der Waals surface area contributed by atoms with Crippen molar-refractivity contribution in [2.24, 2.45) is 5.92 Å². The smallest absolute Gasteiger partial charge is 0.258 e. The summed E-state index contributed by atoms with van der Waals surface area (Å²) in [5.74, 6) is 0.420. The molecule has 0 radical (unpaired) electrons. The van der Waals surface area contributed by atoms with E-state index in [9.17, 15) is 14.0 Å². The van der Waals surface area contributed by atoms with Crippen LogP contribution in [0.15, 0.2) is 52.1 Å². The molecule has 7 nitrogen and oxygen atoms in total. The van der Waals surface area contributed by atoms with Gasteiger partial charge in [-0.25, -0.2) is 14.4 Å². The number of piperidine rings is 1. The summed E-state index contributed by atoms with van der Waals surface area (Å²) < 4.78 is 19.1. The molecule has 0 aliphatic carbocycles. The molecule has 9 heteroatoms. The van der Waals surface area contributed by atoms with Crippen LogP contribution in [0.1, 0.15) is 34.5 Å². The van der Waals surface area contributed by atoms with Gasteiger partial charge in [-0.3, -0.25) is 9.59 Å². The molecule has 3 aromatic rings. The molecule has 1 saturated heterocycles. The molecule has 1 fully saturated rings. The normalized spacial score (nSPS) is 14.3. The SMILES string of the molecule is CSc1nc(-c2ccco2)nc(C)c1C(=O)N1CCC(C(=O)NCCc2ccccc2F)CC1. The average Bonchev–Trinajstić information content (AvgIpc) is 3.39. The Bertz CT molecular complexity index is 1160. The molecule has 0 atom stereocenters. The highest BCUT2D eigenvalue weighted by atomic mass is 32.2. The molecule has 4 rings (SSSR count). The molecule has 0 unspecified atom stereocenters. The van der Waals surface area contributed by atoms with E-state index in [1.807, 2.05) is 6.26 Å². The van der Waals surface area contributed by atoms with E-state index in [-0.39, 0.29) is 23.5 Å². The Morgan fingerprint density at radius 1 is 1.18 bits per heavy atom. The van der Waals surface area contributed by atoms with E-state index >= 15 is 0 Å². The van der Waals surface area contributed by atoms with Crippen LogP contribution >= 0.6 is 11.8 Å². The fraction of sp³-hybridized carbons (Fsp3) is 0.360. The number of rotatable bonds is 7. The van der Waals surface area contributed by atoms with Crippen LogP contribution in [0, 0.1) is 18.7 Å². The van der Waals surface area contributed by atoms with Crippen molar-refractivity contribution in [3.8, 4) is 11.6 Å². The molecular weight excluding hydrogens is 455 g/mol. The van der Waals surface area contributed by atoms with Gasteiger partial charge >= 0.3 is 0 Å². The molecule has 2 amide bonds. The number of benzene rings is 1. The molecule has 1 aliphatic heterocycles. The minimum Gasteiger partial charge on any atom is -0.461 e. The van der Waals surface area contributed by atoms with Crippen LogP contribution in [-0.2, 0) is 11.2 Å². The van der Waals surface area contributed by atoms with Gasteiger partial charge < -0.3 is 14.6 Å². The summed E-state index contributed by atoms with van der Waals surface area (Å²) in [6.45, 7) is 3.15. The van der Waals surface area contributed by atoms with Crippen LogP contribution in [0.2, 0.25) is 0 Å². The monoisotopic (exact) mass is 482 g/mol. The Balaban J connectivity index is 1.34. The number of thioether (sulfide) groups is 1. The predicted molar refractivity (Wildman–Crippen MR) is 128 cm³/mol. The van der Waals surface area contributed by atoms with Gasteiger partial charge in [0.05, 0.1) is 17.5 Å². The predicted octanol–water partition coefficient (Wildman–Crippen LogP) is 4.12. The lowest BCUT2D eigenvalue weighted by molar-refractivity contribution is -0.126. The quantitative estimate of drug-likeness (QED) is 0.403. The molecule has 1 aliphatic rings. The third-order valence-electron chi connectivity index (χ3n) is 6.01. The molecule has 0 spiro atoms. The molecule has 1 aromatic carbocycles. The summed E-state index contributed by atoms with van der Waals surface area (Å²) >= 11 is 1.40. The number of carbonyl (C=O) groups excluding carboxylic acids is 2. The van der Waals surface area contributed by atoms with Crippen molar-refractivity contribution >= 4 is 23.6 Å². The minimum absolute atomic E-state index is 0.0458.